The number of carbonyl (C=O) groups is 2. The van der Waals surface area contributed by atoms with Crippen LogP contribution in [0.5, 0.6) is 5.75 Å². The molecule has 2 rings (SSSR count). The molecule has 2 aromatic carbocycles. The maximum absolute atomic E-state index is 11.9. The highest BCUT2D eigenvalue weighted by Gasteiger charge is 2.20. The Morgan fingerprint density at radius 3 is 2.26 bits per heavy atom. The summed E-state index contributed by atoms with van der Waals surface area (Å²) in [5.41, 5.74) is 1.44. The van der Waals surface area contributed by atoms with Gasteiger partial charge in [0.25, 0.3) is 0 Å². The van der Waals surface area contributed by atoms with Gasteiger partial charge in [0.15, 0.2) is 0 Å². The molecule has 0 aromatic heterocycles. The number of hydrogen-bond donors (Lipinski definition) is 4. The third-order valence-electron chi connectivity index (χ3n) is 3.23. The molecular weight excluding hydrogens is 296 g/mol. The molecule has 0 bridgehead atoms. The monoisotopic (exact) mass is 314 g/mol. The van der Waals surface area contributed by atoms with Crippen LogP contribution in [0.4, 0.5) is 5.69 Å². The molecule has 1 atom stereocenters. The van der Waals surface area contributed by atoms with Crippen LogP contribution in [0.15, 0.2) is 54.6 Å². The van der Waals surface area contributed by atoms with Gasteiger partial charge in [0.1, 0.15) is 11.8 Å². The standard InChI is InChI=1S/C17H18N2O4/c20-14-8-6-13(7-9-14)19-16(21)10-15(17(22)23)18-11-12-4-2-1-3-5-12/h1-9,15,18,20H,10-11H2,(H,19,21)(H,22,23)/t15-/m1/s1. The van der Waals surface area contributed by atoms with E-state index >= 15 is 0 Å². The molecule has 23 heavy (non-hydrogen) atoms. The molecule has 0 saturated carbocycles. The van der Waals surface area contributed by atoms with Crippen LogP contribution < -0.4 is 10.6 Å². The quantitative estimate of drug-likeness (QED) is 0.586. The molecular formula is C17H18N2O4. The molecule has 0 unspecified atom stereocenters. The average Bonchev–Trinajstić information content (AvgIpc) is 2.54. The topological polar surface area (TPSA) is 98.7 Å². The summed E-state index contributed by atoms with van der Waals surface area (Å²) in [5.74, 6) is -1.40. The summed E-state index contributed by atoms with van der Waals surface area (Å²) >= 11 is 0. The minimum absolute atomic E-state index is 0.0935. The van der Waals surface area contributed by atoms with Crippen molar-refractivity contribution in [1.29, 1.82) is 0 Å². The van der Waals surface area contributed by atoms with Gasteiger partial charge in [0.05, 0.1) is 6.42 Å². The maximum atomic E-state index is 11.9. The van der Waals surface area contributed by atoms with Gasteiger partial charge < -0.3 is 15.5 Å². The highest BCUT2D eigenvalue weighted by Crippen LogP contribution is 2.14. The number of hydrogen-bond acceptors (Lipinski definition) is 4. The van der Waals surface area contributed by atoms with Gasteiger partial charge in [0, 0.05) is 12.2 Å². The second kappa shape index (κ2) is 7.95. The Balaban J connectivity index is 1.89. The smallest absolute Gasteiger partial charge is 0.321 e. The molecule has 2 aromatic rings. The van der Waals surface area contributed by atoms with E-state index in [4.69, 9.17) is 0 Å². The third kappa shape index (κ3) is 5.44. The van der Waals surface area contributed by atoms with Crippen molar-refractivity contribution in [3.8, 4) is 5.75 Å². The number of phenols is 1. The number of nitrogens with one attached hydrogen (secondary N) is 2. The van der Waals surface area contributed by atoms with Gasteiger partial charge in [-0.05, 0) is 29.8 Å². The molecule has 0 saturated heterocycles. The first-order valence-corrected chi connectivity index (χ1v) is 7.13. The van der Waals surface area contributed by atoms with Crippen molar-refractivity contribution in [2.75, 3.05) is 5.32 Å². The third-order valence-corrected chi connectivity index (χ3v) is 3.23. The summed E-state index contributed by atoms with van der Waals surface area (Å²) in [6.07, 6.45) is -0.191. The summed E-state index contributed by atoms with van der Waals surface area (Å²) in [5, 5.41) is 23.9. The molecule has 0 heterocycles. The summed E-state index contributed by atoms with van der Waals surface area (Å²) < 4.78 is 0. The van der Waals surface area contributed by atoms with Crippen molar-refractivity contribution >= 4 is 17.6 Å². The van der Waals surface area contributed by atoms with E-state index in [2.05, 4.69) is 10.6 Å². The van der Waals surface area contributed by atoms with Gasteiger partial charge in [-0.3, -0.25) is 14.9 Å². The van der Waals surface area contributed by atoms with Crippen LogP contribution in [0, 0.1) is 0 Å². The van der Waals surface area contributed by atoms with E-state index in [1.807, 2.05) is 30.3 Å². The highest BCUT2D eigenvalue weighted by atomic mass is 16.4. The predicted octanol–water partition coefficient (Wildman–Crippen LogP) is 1.96. The van der Waals surface area contributed by atoms with Crippen LogP contribution >= 0.6 is 0 Å². The lowest BCUT2D eigenvalue weighted by Crippen LogP contribution is -2.39. The van der Waals surface area contributed by atoms with Gasteiger partial charge in [-0.2, -0.15) is 0 Å². The zero-order chi connectivity index (χ0) is 16.7. The molecule has 6 heteroatoms. The molecule has 0 aliphatic rings. The second-order valence-electron chi connectivity index (χ2n) is 5.06. The molecule has 120 valence electrons. The molecule has 0 spiro atoms. The van der Waals surface area contributed by atoms with E-state index < -0.39 is 17.9 Å². The summed E-state index contributed by atoms with van der Waals surface area (Å²) in [7, 11) is 0. The van der Waals surface area contributed by atoms with Gasteiger partial charge >= 0.3 is 5.97 Å². The summed E-state index contributed by atoms with van der Waals surface area (Å²) in [6.45, 7) is 0.365. The number of carbonyl (C=O) groups excluding carboxylic acids is 1. The van der Waals surface area contributed by atoms with Gasteiger partial charge in [0.2, 0.25) is 5.91 Å². The minimum Gasteiger partial charge on any atom is -0.508 e. The zero-order valence-electron chi connectivity index (χ0n) is 12.4. The number of rotatable bonds is 7. The summed E-state index contributed by atoms with van der Waals surface area (Å²) in [4.78, 5) is 23.2. The van der Waals surface area contributed by atoms with E-state index in [0.717, 1.165) is 5.56 Å². The number of anilines is 1. The Bertz CT molecular complexity index is 656. The average molecular weight is 314 g/mol. The molecule has 0 aliphatic carbocycles. The molecule has 6 nitrogen and oxygen atoms in total. The van der Waals surface area contributed by atoms with Crippen LogP contribution in [0.3, 0.4) is 0 Å². The Kier molecular flexibility index (Phi) is 5.71. The first-order chi connectivity index (χ1) is 11.0. The molecule has 0 fully saturated rings. The van der Waals surface area contributed by atoms with Gasteiger partial charge in [-0.1, -0.05) is 30.3 Å². The van der Waals surface area contributed by atoms with Crippen LogP contribution in [0.25, 0.3) is 0 Å². The van der Waals surface area contributed by atoms with E-state index in [9.17, 15) is 19.8 Å². The van der Waals surface area contributed by atoms with Gasteiger partial charge in [-0.25, -0.2) is 0 Å². The fourth-order valence-corrected chi connectivity index (χ4v) is 2.03. The maximum Gasteiger partial charge on any atom is 0.321 e. The number of aromatic hydroxyl groups is 1. The van der Waals surface area contributed by atoms with Crippen molar-refractivity contribution in [3.05, 3.63) is 60.2 Å². The Hall–Kier alpha value is -2.86. The van der Waals surface area contributed by atoms with E-state index in [0.29, 0.717) is 12.2 Å². The number of carboxylic acid groups (broad SMARTS) is 1. The van der Waals surface area contributed by atoms with Crippen molar-refractivity contribution in [2.24, 2.45) is 0 Å². The van der Waals surface area contributed by atoms with E-state index in [1.165, 1.54) is 12.1 Å². The van der Waals surface area contributed by atoms with Crippen molar-refractivity contribution in [2.45, 2.75) is 19.0 Å². The van der Waals surface area contributed by atoms with Crippen LogP contribution in [-0.2, 0) is 16.1 Å². The Morgan fingerprint density at radius 1 is 1.00 bits per heavy atom. The van der Waals surface area contributed by atoms with Crippen molar-refractivity contribution < 1.29 is 19.8 Å². The van der Waals surface area contributed by atoms with Gasteiger partial charge in [-0.15, -0.1) is 0 Å². The number of phenolic OH excluding ortho intramolecular Hbond substituents is 1. The number of benzene rings is 2. The fraction of sp³-hybridized carbons (Fsp3) is 0.176. The van der Waals surface area contributed by atoms with Crippen LogP contribution in [0.2, 0.25) is 0 Å². The SMILES string of the molecule is O=C(C[C@@H](NCc1ccccc1)C(=O)O)Nc1ccc(O)cc1. The van der Waals surface area contributed by atoms with Crippen molar-refractivity contribution in [3.63, 3.8) is 0 Å². The fourth-order valence-electron chi connectivity index (χ4n) is 2.03. The van der Waals surface area contributed by atoms with E-state index in [1.54, 1.807) is 12.1 Å². The van der Waals surface area contributed by atoms with E-state index in [-0.39, 0.29) is 12.2 Å². The number of carboxylic acids is 1. The number of amides is 1. The lowest BCUT2D eigenvalue weighted by molar-refractivity contribution is -0.141. The zero-order valence-corrected chi connectivity index (χ0v) is 12.4. The lowest BCUT2D eigenvalue weighted by atomic mass is 10.1. The molecule has 0 radical (unpaired) electrons. The first-order valence-electron chi connectivity index (χ1n) is 7.13. The first kappa shape index (κ1) is 16.5. The van der Waals surface area contributed by atoms with Crippen LogP contribution in [-0.4, -0.2) is 28.1 Å². The second-order valence-corrected chi connectivity index (χ2v) is 5.06. The highest BCUT2D eigenvalue weighted by molar-refractivity contribution is 5.94. The predicted molar refractivity (Wildman–Crippen MR) is 86.1 cm³/mol. The molecule has 0 aliphatic heterocycles. The van der Waals surface area contributed by atoms with Crippen molar-refractivity contribution in [1.82, 2.24) is 5.32 Å². The minimum atomic E-state index is -1.08. The Labute approximate surface area is 133 Å². The molecule has 1 amide bonds. The largest absolute Gasteiger partial charge is 0.508 e. The summed E-state index contributed by atoms with van der Waals surface area (Å²) in [6, 6.07) is 14.4. The number of aliphatic carboxylic acids is 1. The normalized spacial score (nSPS) is 11.7. The van der Waals surface area contributed by atoms with Crippen LogP contribution in [0.1, 0.15) is 12.0 Å². The molecule has 4 N–H and O–H groups in total. The lowest BCUT2D eigenvalue weighted by Gasteiger charge is -2.14. The Morgan fingerprint density at radius 2 is 1.65 bits per heavy atom.